The minimum absolute atomic E-state index is 0.0194. The summed E-state index contributed by atoms with van der Waals surface area (Å²) in [7, 11) is 0. The van der Waals surface area contributed by atoms with Gasteiger partial charge in [0.25, 0.3) is 0 Å². The molecule has 1 aliphatic rings. The van der Waals surface area contributed by atoms with E-state index in [0.717, 1.165) is 12.1 Å². The number of hydrogen-bond acceptors (Lipinski definition) is 4. The molecule has 178 valence electrons. The van der Waals surface area contributed by atoms with Crippen LogP contribution in [0.4, 0.5) is 0 Å². The molecule has 0 aromatic carbocycles. The number of unbranched alkanes of at least 4 members (excludes halogenated alkanes) is 13. The van der Waals surface area contributed by atoms with Crippen LogP contribution in [0.3, 0.4) is 0 Å². The first-order valence-electron chi connectivity index (χ1n) is 12.8. The molecule has 32 heavy (non-hydrogen) atoms. The number of rotatable bonds is 18. The average molecular weight is 441 g/mol. The molecule has 0 fully saturated rings. The van der Waals surface area contributed by atoms with E-state index < -0.39 is 5.97 Å². The fraction of sp³-hybridized carbons (Fsp3) is 0.643. The second kappa shape index (κ2) is 19.4. The SMILES string of the molecule is CCCCCCCCCCCCCCCCN1C=CC(=CC=C(C#N)C(=O)OCC)C=C1. The van der Waals surface area contributed by atoms with E-state index in [4.69, 9.17) is 10.00 Å². The first-order valence-corrected chi connectivity index (χ1v) is 12.8. The highest BCUT2D eigenvalue weighted by molar-refractivity contribution is 5.93. The van der Waals surface area contributed by atoms with Crippen molar-refractivity contribution >= 4 is 5.97 Å². The van der Waals surface area contributed by atoms with Crippen LogP contribution in [0.15, 0.2) is 47.9 Å². The van der Waals surface area contributed by atoms with Gasteiger partial charge in [0.1, 0.15) is 11.6 Å². The summed E-state index contributed by atoms with van der Waals surface area (Å²) in [5.74, 6) is -0.574. The Labute approximate surface area is 196 Å². The number of nitrogens with zero attached hydrogens (tertiary/aromatic N) is 2. The Bertz CT molecular complexity index is 651. The zero-order valence-electron chi connectivity index (χ0n) is 20.5. The zero-order chi connectivity index (χ0) is 23.3. The molecule has 0 saturated carbocycles. The molecule has 0 unspecified atom stereocenters. The summed E-state index contributed by atoms with van der Waals surface area (Å²) in [6, 6.07) is 1.89. The van der Waals surface area contributed by atoms with Gasteiger partial charge >= 0.3 is 5.97 Å². The van der Waals surface area contributed by atoms with Gasteiger partial charge in [-0.2, -0.15) is 5.26 Å². The van der Waals surface area contributed by atoms with Crippen molar-refractivity contribution in [2.24, 2.45) is 0 Å². The molecule has 1 rings (SSSR count). The van der Waals surface area contributed by atoms with Gasteiger partial charge in [0.15, 0.2) is 0 Å². The normalized spacial score (nSPS) is 13.3. The lowest BCUT2D eigenvalue weighted by Gasteiger charge is -2.18. The van der Waals surface area contributed by atoms with Crippen LogP contribution in [0.5, 0.6) is 0 Å². The van der Waals surface area contributed by atoms with E-state index in [2.05, 4.69) is 24.2 Å². The third kappa shape index (κ3) is 13.9. The van der Waals surface area contributed by atoms with Crippen molar-refractivity contribution < 1.29 is 9.53 Å². The van der Waals surface area contributed by atoms with Crippen LogP contribution in [0.25, 0.3) is 0 Å². The Morgan fingerprint density at radius 1 is 0.875 bits per heavy atom. The molecule has 1 aliphatic heterocycles. The van der Waals surface area contributed by atoms with Crippen LogP contribution in [-0.4, -0.2) is 24.0 Å². The predicted molar refractivity (Wildman–Crippen MR) is 134 cm³/mol. The number of hydrogen-bond donors (Lipinski definition) is 0. The highest BCUT2D eigenvalue weighted by Crippen LogP contribution is 2.15. The lowest BCUT2D eigenvalue weighted by atomic mass is 10.0. The smallest absolute Gasteiger partial charge is 0.348 e. The maximum atomic E-state index is 11.6. The highest BCUT2D eigenvalue weighted by Gasteiger charge is 2.08. The zero-order valence-corrected chi connectivity index (χ0v) is 20.5. The highest BCUT2D eigenvalue weighted by atomic mass is 16.5. The Hall–Kier alpha value is -2.28. The van der Waals surface area contributed by atoms with Gasteiger partial charge in [0.2, 0.25) is 0 Å². The molecule has 0 atom stereocenters. The van der Waals surface area contributed by atoms with Gasteiger partial charge < -0.3 is 9.64 Å². The van der Waals surface area contributed by atoms with Crippen molar-refractivity contribution in [2.45, 2.75) is 104 Å². The maximum absolute atomic E-state index is 11.6. The fourth-order valence-electron chi connectivity index (χ4n) is 3.76. The lowest BCUT2D eigenvalue weighted by molar-refractivity contribution is -0.138. The molecule has 0 aliphatic carbocycles. The summed E-state index contributed by atoms with van der Waals surface area (Å²) in [4.78, 5) is 13.8. The minimum Gasteiger partial charge on any atom is -0.462 e. The molecule has 4 heteroatoms. The van der Waals surface area contributed by atoms with Crippen molar-refractivity contribution in [3.63, 3.8) is 0 Å². The Morgan fingerprint density at radius 3 is 1.84 bits per heavy atom. The predicted octanol–water partition coefficient (Wildman–Crippen LogP) is 7.75. The number of carbonyl (C=O) groups excluding carboxylic acids is 1. The quantitative estimate of drug-likeness (QED) is 0.0946. The Balaban J connectivity index is 2.05. The van der Waals surface area contributed by atoms with Gasteiger partial charge in [-0.05, 0) is 37.1 Å². The van der Waals surface area contributed by atoms with Crippen LogP contribution in [0.1, 0.15) is 104 Å². The standard InChI is InChI=1S/C28H44N2O2/c1-3-5-6-7-8-9-10-11-12-13-14-15-16-17-22-30-23-20-26(21-24-30)18-19-27(25-29)28(31)32-4-2/h18-21,23-24H,3-17,22H2,1-2H3. The number of esters is 1. The molecule has 0 spiro atoms. The van der Waals surface area contributed by atoms with E-state index in [1.165, 1.54) is 96.0 Å². The van der Waals surface area contributed by atoms with E-state index in [-0.39, 0.29) is 12.2 Å². The average Bonchev–Trinajstić information content (AvgIpc) is 2.81. The summed E-state index contributed by atoms with van der Waals surface area (Å²) in [6.07, 6.45) is 30.7. The van der Waals surface area contributed by atoms with Crippen LogP contribution >= 0.6 is 0 Å². The largest absolute Gasteiger partial charge is 0.462 e. The van der Waals surface area contributed by atoms with E-state index in [1.54, 1.807) is 13.0 Å². The molecule has 0 aromatic rings. The molecule has 0 amide bonds. The molecule has 0 N–H and O–H groups in total. The Morgan fingerprint density at radius 2 is 1.38 bits per heavy atom. The monoisotopic (exact) mass is 440 g/mol. The van der Waals surface area contributed by atoms with Gasteiger partial charge in [-0.1, -0.05) is 96.5 Å². The number of nitriles is 1. The molecular weight excluding hydrogens is 396 g/mol. The van der Waals surface area contributed by atoms with Crippen LogP contribution in [0, 0.1) is 11.3 Å². The minimum atomic E-state index is -0.574. The van der Waals surface area contributed by atoms with Crippen molar-refractivity contribution in [1.82, 2.24) is 4.90 Å². The number of allylic oxidation sites excluding steroid dienone is 5. The first kappa shape index (κ1) is 27.8. The summed E-state index contributed by atoms with van der Waals surface area (Å²) in [5, 5.41) is 9.06. The van der Waals surface area contributed by atoms with E-state index in [9.17, 15) is 4.79 Å². The van der Waals surface area contributed by atoms with E-state index in [0.29, 0.717) is 0 Å². The lowest BCUT2D eigenvalue weighted by Crippen LogP contribution is -2.13. The van der Waals surface area contributed by atoms with Crippen molar-refractivity contribution in [2.75, 3.05) is 13.2 Å². The third-order valence-corrected chi connectivity index (χ3v) is 5.75. The molecule has 0 aromatic heterocycles. The molecule has 0 bridgehead atoms. The maximum Gasteiger partial charge on any atom is 0.348 e. The molecule has 1 heterocycles. The van der Waals surface area contributed by atoms with E-state index in [1.807, 2.05) is 18.2 Å². The summed E-state index contributed by atoms with van der Waals surface area (Å²) < 4.78 is 4.86. The number of carbonyl (C=O) groups is 1. The van der Waals surface area contributed by atoms with Gasteiger partial charge in [-0.3, -0.25) is 0 Å². The number of ether oxygens (including phenoxy) is 1. The van der Waals surface area contributed by atoms with E-state index >= 15 is 0 Å². The van der Waals surface area contributed by atoms with Crippen molar-refractivity contribution in [3.8, 4) is 6.07 Å². The second-order valence-corrected chi connectivity index (χ2v) is 8.54. The summed E-state index contributed by atoms with van der Waals surface area (Å²) >= 11 is 0. The van der Waals surface area contributed by atoms with Gasteiger partial charge in [-0.25, -0.2) is 4.79 Å². The van der Waals surface area contributed by atoms with Crippen LogP contribution < -0.4 is 0 Å². The molecule has 0 saturated heterocycles. The molecule has 4 nitrogen and oxygen atoms in total. The summed E-state index contributed by atoms with van der Waals surface area (Å²) in [5.41, 5.74) is 0.977. The fourth-order valence-corrected chi connectivity index (χ4v) is 3.76. The van der Waals surface area contributed by atoms with Gasteiger partial charge in [-0.15, -0.1) is 0 Å². The topological polar surface area (TPSA) is 53.3 Å². The molecular formula is C28H44N2O2. The molecule has 0 radical (unpaired) electrons. The van der Waals surface area contributed by atoms with Crippen molar-refractivity contribution in [1.29, 1.82) is 5.26 Å². The Kier molecular flexibility index (Phi) is 16.8. The van der Waals surface area contributed by atoms with Gasteiger partial charge in [0.05, 0.1) is 6.61 Å². The summed E-state index contributed by atoms with van der Waals surface area (Å²) in [6.45, 7) is 5.30. The third-order valence-electron chi connectivity index (χ3n) is 5.75. The van der Waals surface area contributed by atoms with Crippen molar-refractivity contribution in [3.05, 3.63) is 47.9 Å². The first-order chi connectivity index (χ1) is 15.7. The van der Waals surface area contributed by atoms with Crippen LogP contribution in [0.2, 0.25) is 0 Å². The second-order valence-electron chi connectivity index (χ2n) is 8.54. The van der Waals surface area contributed by atoms with Gasteiger partial charge in [0, 0.05) is 18.9 Å². The van der Waals surface area contributed by atoms with Crippen LogP contribution in [-0.2, 0) is 9.53 Å².